The summed E-state index contributed by atoms with van der Waals surface area (Å²) in [6.07, 6.45) is 1.83. The van der Waals surface area contributed by atoms with Crippen LogP contribution in [0.25, 0.3) is 16.7 Å². The maximum absolute atomic E-state index is 13.4. The van der Waals surface area contributed by atoms with Gasteiger partial charge in [0.15, 0.2) is 17.3 Å². The topological polar surface area (TPSA) is 47.8 Å². The summed E-state index contributed by atoms with van der Waals surface area (Å²) in [6, 6.07) is 5.39. The van der Waals surface area contributed by atoms with Crippen molar-refractivity contribution < 1.29 is 8.78 Å². The van der Waals surface area contributed by atoms with Crippen LogP contribution in [0.4, 0.5) is 8.78 Å². The standard InChI is InChI=1S/C14H7F2N3O/c15-9-4-7-5-12-18-13-8(2-1-3-17-13)14(20)19(12)11(7)6-10(9)16/h1-4,6H,5H2. The molecule has 0 N–H and O–H groups in total. The fourth-order valence-electron chi connectivity index (χ4n) is 2.53. The number of benzene rings is 1. The molecule has 1 aliphatic heterocycles. The summed E-state index contributed by atoms with van der Waals surface area (Å²) in [5.74, 6) is -1.46. The van der Waals surface area contributed by atoms with Crippen molar-refractivity contribution in [3.63, 3.8) is 0 Å². The molecular formula is C14H7F2N3O. The highest BCUT2D eigenvalue weighted by Gasteiger charge is 2.24. The second kappa shape index (κ2) is 3.69. The molecule has 2 aromatic heterocycles. The van der Waals surface area contributed by atoms with E-state index in [0.29, 0.717) is 28.1 Å². The molecule has 0 spiro atoms. The molecule has 0 unspecified atom stereocenters. The zero-order chi connectivity index (χ0) is 13.9. The molecule has 0 radical (unpaired) electrons. The Balaban J connectivity index is 2.12. The minimum Gasteiger partial charge on any atom is -0.268 e. The highest BCUT2D eigenvalue weighted by Crippen LogP contribution is 2.27. The molecule has 3 heterocycles. The second-order valence-electron chi connectivity index (χ2n) is 4.61. The number of aromatic nitrogens is 3. The molecule has 0 saturated heterocycles. The van der Waals surface area contributed by atoms with Gasteiger partial charge in [0.05, 0.1) is 11.1 Å². The van der Waals surface area contributed by atoms with Crippen LogP contribution in [-0.2, 0) is 6.42 Å². The normalized spacial score (nSPS) is 12.5. The van der Waals surface area contributed by atoms with Gasteiger partial charge >= 0.3 is 0 Å². The summed E-state index contributed by atoms with van der Waals surface area (Å²) < 4.78 is 28.0. The minimum atomic E-state index is -0.977. The molecule has 4 nitrogen and oxygen atoms in total. The first-order valence-corrected chi connectivity index (χ1v) is 6.00. The van der Waals surface area contributed by atoms with Gasteiger partial charge in [-0.3, -0.25) is 9.36 Å². The van der Waals surface area contributed by atoms with Crippen LogP contribution < -0.4 is 5.56 Å². The van der Waals surface area contributed by atoms with E-state index in [1.54, 1.807) is 18.3 Å². The van der Waals surface area contributed by atoms with Crippen LogP contribution in [0.3, 0.4) is 0 Å². The van der Waals surface area contributed by atoms with Gasteiger partial charge in [0, 0.05) is 18.7 Å². The quantitative estimate of drug-likeness (QED) is 0.491. The van der Waals surface area contributed by atoms with Crippen molar-refractivity contribution in [2.45, 2.75) is 6.42 Å². The van der Waals surface area contributed by atoms with Crippen LogP contribution in [0.2, 0.25) is 0 Å². The monoisotopic (exact) mass is 271 g/mol. The summed E-state index contributed by atoms with van der Waals surface area (Å²) in [7, 11) is 0. The van der Waals surface area contributed by atoms with Gasteiger partial charge in [-0.1, -0.05) is 0 Å². The molecule has 0 amide bonds. The number of halogens is 2. The Morgan fingerprint density at radius 1 is 1.20 bits per heavy atom. The van der Waals surface area contributed by atoms with Gasteiger partial charge in [0.1, 0.15) is 5.82 Å². The minimum absolute atomic E-state index is 0.286. The molecule has 20 heavy (non-hydrogen) atoms. The van der Waals surface area contributed by atoms with Crippen molar-refractivity contribution in [1.29, 1.82) is 0 Å². The summed E-state index contributed by atoms with van der Waals surface area (Å²) >= 11 is 0. The predicted octanol–water partition coefficient (Wildman–Crippen LogP) is 1.96. The van der Waals surface area contributed by atoms with Gasteiger partial charge in [0.25, 0.3) is 5.56 Å². The van der Waals surface area contributed by atoms with Crippen LogP contribution in [-0.4, -0.2) is 14.5 Å². The van der Waals surface area contributed by atoms with E-state index in [4.69, 9.17) is 0 Å². The van der Waals surface area contributed by atoms with Crippen LogP contribution in [0.1, 0.15) is 11.4 Å². The van der Waals surface area contributed by atoms with Crippen molar-refractivity contribution >= 4 is 11.0 Å². The fraction of sp³-hybridized carbons (Fsp3) is 0.0714. The smallest absolute Gasteiger partial charge is 0.267 e. The Kier molecular flexibility index (Phi) is 2.07. The van der Waals surface area contributed by atoms with E-state index in [9.17, 15) is 13.6 Å². The van der Waals surface area contributed by atoms with Crippen LogP contribution >= 0.6 is 0 Å². The molecule has 1 aromatic carbocycles. The molecule has 0 aliphatic carbocycles. The third-order valence-electron chi connectivity index (χ3n) is 3.42. The maximum atomic E-state index is 13.4. The zero-order valence-electron chi connectivity index (χ0n) is 10.1. The highest BCUT2D eigenvalue weighted by atomic mass is 19.2. The van der Waals surface area contributed by atoms with Crippen LogP contribution in [0, 0.1) is 11.6 Å². The summed E-state index contributed by atoms with van der Waals surface area (Å²) in [4.78, 5) is 20.8. The summed E-state index contributed by atoms with van der Waals surface area (Å²) in [6.45, 7) is 0. The van der Waals surface area contributed by atoms with Crippen molar-refractivity contribution in [2.24, 2.45) is 0 Å². The van der Waals surface area contributed by atoms with Crippen molar-refractivity contribution in [3.05, 3.63) is 63.8 Å². The SMILES string of the molecule is O=c1c2cccnc2nc2n1-c1cc(F)c(F)cc1C2. The van der Waals surface area contributed by atoms with Crippen molar-refractivity contribution in [1.82, 2.24) is 14.5 Å². The Morgan fingerprint density at radius 3 is 2.85 bits per heavy atom. The first-order valence-electron chi connectivity index (χ1n) is 6.00. The maximum Gasteiger partial charge on any atom is 0.267 e. The largest absolute Gasteiger partial charge is 0.268 e. The lowest BCUT2D eigenvalue weighted by Gasteiger charge is -2.06. The highest BCUT2D eigenvalue weighted by molar-refractivity contribution is 5.74. The second-order valence-corrected chi connectivity index (χ2v) is 4.61. The molecule has 0 bridgehead atoms. The molecule has 0 fully saturated rings. The van der Waals surface area contributed by atoms with Gasteiger partial charge in [-0.25, -0.2) is 18.7 Å². The molecule has 4 rings (SSSR count). The number of hydrogen-bond donors (Lipinski definition) is 0. The van der Waals surface area contributed by atoms with Gasteiger partial charge in [-0.15, -0.1) is 0 Å². The molecule has 0 atom stereocenters. The number of hydrogen-bond acceptors (Lipinski definition) is 3. The molecular weight excluding hydrogens is 264 g/mol. The van der Waals surface area contributed by atoms with Crippen molar-refractivity contribution in [2.75, 3.05) is 0 Å². The molecule has 6 heteroatoms. The van der Waals surface area contributed by atoms with E-state index in [1.807, 2.05) is 0 Å². The number of nitrogens with zero attached hydrogens (tertiary/aromatic N) is 3. The van der Waals surface area contributed by atoms with Crippen molar-refractivity contribution in [3.8, 4) is 5.69 Å². The lowest BCUT2D eigenvalue weighted by Crippen LogP contribution is -2.20. The number of fused-ring (bicyclic) bond motifs is 4. The summed E-state index contributed by atoms with van der Waals surface area (Å²) in [5, 5.41) is 0.355. The molecule has 3 aromatic rings. The van der Waals surface area contributed by atoms with Gasteiger partial charge in [-0.2, -0.15) is 0 Å². The molecule has 1 aliphatic rings. The first kappa shape index (κ1) is 11.2. The van der Waals surface area contributed by atoms with Crippen LogP contribution in [0.15, 0.2) is 35.3 Å². The number of pyridine rings is 1. The van der Waals surface area contributed by atoms with E-state index in [2.05, 4.69) is 9.97 Å². The molecule has 0 saturated carbocycles. The lowest BCUT2D eigenvalue weighted by molar-refractivity contribution is 0.507. The Bertz CT molecular complexity index is 934. The van der Waals surface area contributed by atoms with E-state index < -0.39 is 11.6 Å². The van der Waals surface area contributed by atoms with Crippen LogP contribution in [0.5, 0.6) is 0 Å². The van der Waals surface area contributed by atoms with E-state index in [1.165, 1.54) is 4.57 Å². The van der Waals surface area contributed by atoms with Gasteiger partial charge < -0.3 is 0 Å². The average molecular weight is 271 g/mol. The predicted molar refractivity (Wildman–Crippen MR) is 67.9 cm³/mol. The first-order chi connectivity index (χ1) is 9.65. The average Bonchev–Trinajstić information content (AvgIpc) is 2.77. The van der Waals surface area contributed by atoms with E-state index in [-0.39, 0.29) is 12.0 Å². The Labute approximate surface area is 111 Å². The molecule has 98 valence electrons. The lowest BCUT2D eigenvalue weighted by atomic mass is 10.1. The third kappa shape index (κ3) is 1.36. The van der Waals surface area contributed by atoms with E-state index >= 15 is 0 Å². The zero-order valence-corrected chi connectivity index (χ0v) is 10.1. The van der Waals surface area contributed by atoms with Gasteiger partial charge in [0.2, 0.25) is 0 Å². The Morgan fingerprint density at radius 2 is 2.00 bits per heavy atom. The third-order valence-corrected chi connectivity index (χ3v) is 3.42. The Hall–Kier alpha value is -2.63. The summed E-state index contributed by atoms with van der Waals surface area (Å²) in [5.41, 5.74) is 0.923. The number of rotatable bonds is 0. The fourth-order valence-corrected chi connectivity index (χ4v) is 2.53. The van der Waals surface area contributed by atoms with Gasteiger partial charge in [-0.05, 0) is 23.8 Å². The van der Waals surface area contributed by atoms with E-state index in [0.717, 1.165) is 12.1 Å².